The Balaban J connectivity index is 1.77. The van der Waals surface area contributed by atoms with E-state index in [0.29, 0.717) is 12.8 Å². The zero-order chi connectivity index (χ0) is 19.0. The third-order valence-corrected chi connectivity index (χ3v) is 5.89. The highest BCUT2D eigenvalue weighted by molar-refractivity contribution is 7.91. The molecule has 0 unspecified atom stereocenters. The fourth-order valence-electron chi connectivity index (χ4n) is 2.50. The molecule has 0 radical (unpaired) electrons. The first-order valence-electron chi connectivity index (χ1n) is 8.59. The number of aliphatic hydroxyl groups is 1. The molecular weight excluding hydrogens is 350 g/mol. The maximum Gasteiger partial charge on any atom is 0.221 e. The zero-order valence-electron chi connectivity index (χ0n) is 14.9. The van der Waals surface area contributed by atoms with Gasteiger partial charge < -0.3 is 10.4 Å². The van der Waals surface area contributed by atoms with Crippen molar-refractivity contribution in [3.05, 3.63) is 66.2 Å². The molecule has 0 aliphatic heterocycles. The van der Waals surface area contributed by atoms with E-state index in [4.69, 9.17) is 0 Å². The Morgan fingerprint density at radius 1 is 1.04 bits per heavy atom. The van der Waals surface area contributed by atoms with Crippen LogP contribution in [0.5, 0.6) is 0 Å². The molecule has 0 spiro atoms. The number of benzene rings is 2. The van der Waals surface area contributed by atoms with Gasteiger partial charge in [0, 0.05) is 13.0 Å². The smallest absolute Gasteiger partial charge is 0.221 e. The third-order valence-electron chi connectivity index (χ3n) is 4.16. The number of nitrogens with one attached hydrogen (secondary N) is 1. The Kier molecular flexibility index (Phi) is 6.94. The summed E-state index contributed by atoms with van der Waals surface area (Å²) in [5.41, 5.74) is 0.0668. The molecule has 0 bridgehead atoms. The molecule has 0 heterocycles. The quantitative estimate of drug-likeness (QED) is 0.705. The van der Waals surface area contributed by atoms with E-state index in [1.807, 2.05) is 30.3 Å². The maximum absolute atomic E-state index is 12.2. The van der Waals surface area contributed by atoms with E-state index in [9.17, 15) is 18.3 Å². The van der Waals surface area contributed by atoms with Crippen molar-refractivity contribution in [2.75, 3.05) is 12.3 Å². The Morgan fingerprint density at radius 3 is 2.23 bits per heavy atom. The molecule has 0 aliphatic carbocycles. The standard InChI is InChI=1S/C20H25NO4S/c1-20(23,14-12-17-8-4-2-5-9-17)16-21-19(22)13-15-26(24,25)18-10-6-3-7-11-18/h2-11,23H,12-16H2,1H3,(H,21,22)/t20-/m1/s1. The average molecular weight is 375 g/mol. The summed E-state index contributed by atoms with van der Waals surface area (Å²) in [6.07, 6.45) is 1.07. The second kappa shape index (κ2) is 8.96. The molecule has 6 heteroatoms. The lowest BCUT2D eigenvalue weighted by molar-refractivity contribution is -0.121. The van der Waals surface area contributed by atoms with Crippen LogP contribution in [0.4, 0.5) is 0 Å². The number of hydrogen-bond acceptors (Lipinski definition) is 4. The van der Waals surface area contributed by atoms with Gasteiger partial charge in [0.05, 0.1) is 16.2 Å². The van der Waals surface area contributed by atoms with Crippen molar-refractivity contribution >= 4 is 15.7 Å². The lowest BCUT2D eigenvalue weighted by Crippen LogP contribution is -2.41. The van der Waals surface area contributed by atoms with Crippen molar-refractivity contribution in [1.82, 2.24) is 5.32 Å². The monoisotopic (exact) mass is 375 g/mol. The Morgan fingerprint density at radius 2 is 1.62 bits per heavy atom. The highest BCUT2D eigenvalue weighted by Crippen LogP contribution is 2.14. The van der Waals surface area contributed by atoms with E-state index < -0.39 is 15.4 Å². The van der Waals surface area contributed by atoms with Crippen molar-refractivity contribution in [2.45, 2.75) is 36.7 Å². The van der Waals surface area contributed by atoms with Gasteiger partial charge in [-0.2, -0.15) is 0 Å². The molecule has 2 rings (SSSR count). The normalized spacial score (nSPS) is 13.8. The minimum Gasteiger partial charge on any atom is -0.388 e. The summed E-state index contributed by atoms with van der Waals surface area (Å²) >= 11 is 0. The van der Waals surface area contributed by atoms with E-state index in [1.54, 1.807) is 25.1 Å². The maximum atomic E-state index is 12.2. The topological polar surface area (TPSA) is 83.5 Å². The number of aryl methyl sites for hydroxylation is 1. The van der Waals surface area contributed by atoms with Crippen molar-refractivity contribution in [3.8, 4) is 0 Å². The van der Waals surface area contributed by atoms with E-state index in [-0.39, 0.29) is 29.5 Å². The largest absolute Gasteiger partial charge is 0.388 e. The van der Waals surface area contributed by atoms with Crippen LogP contribution < -0.4 is 5.32 Å². The van der Waals surface area contributed by atoms with Crippen molar-refractivity contribution in [3.63, 3.8) is 0 Å². The highest BCUT2D eigenvalue weighted by atomic mass is 32.2. The summed E-state index contributed by atoms with van der Waals surface area (Å²) < 4.78 is 24.3. The van der Waals surface area contributed by atoms with Gasteiger partial charge in [-0.05, 0) is 37.5 Å². The lowest BCUT2D eigenvalue weighted by atomic mass is 9.97. The third kappa shape index (κ3) is 6.61. The summed E-state index contributed by atoms with van der Waals surface area (Å²) in [5, 5.41) is 13.0. The molecule has 0 saturated heterocycles. The predicted molar refractivity (Wildman–Crippen MR) is 102 cm³/mol. The predicted octanol–water partition coefficient (Wildman–Crippen LogP) is 2.35. The molecule has 0 fully saturated rings. The molecule has 140 valence electrons. The van der Waals surface area contributed by atoms with Crippen LogP contribution in [0.1, 0.15) is 25.3 Å². The van der Waals surface area contributed by atoms with Crippen molar-refractivity contribution in [1.29, 1.82) is 0 Å². The van der Waals surface area contributed by atoms with Crippen LogP contribution in [0.2, 0.25) is 0 Å². The SMILES string of the molecule is C[C@@](O)(CCc1ccccc1)CNC(=O)CCS(=O)(=O)c1ccccc1. The lowest BCUT2D eigenvalue weighted by Gasteiger charge is -2.23. The number of amides is 1. The van der Waals surface area contributed by atoms with E-state index in [2.05, 4.69) is 5.32 Å². The molecule has 0 saturated carbocycles. The summed E-state index contributed by atoms with van der Waals surface area (Å²) in [7, 11) is -3.48. The molecule has 1 amide bonds. The minimum atomic E-state index is -3.48. The van der Waals surface area contributed by atoms with E-state index in [0.717, 1.165) is 5.56 Å². The molecule has 0 aliphatic rings. The van der Waals surface area contributed by atoms with Crippen molar-refractivity contribution < 1.29 is 18.3 Å². The van der Waals surface area contributed by atoms with Gasteiger partial charge in [0.2, 0.25) is 5.91 Å². The van der Waals surface area contributed by atoms with Crippen LogP contribution in [-0.2, 0) is 21.1 Å². The van der Waals surface area contributed by atoms with Crippen LogP contribution in [0, 0.1) is 0 Å². The number of sulfone groups is 1. The van der Waals surface area contributed by atoms with Crippen LogP contribution in [0.25, 0.3) is 0 Å². The Bertz CT molecular complexity index is 802. The van der Waals surface area contributed by atoms with Gasteiger partial charge in [-0.3, -0.25) is 4.79 Å². The van der Waals surface area contributed by atoms with E-state index in [1.165, 1.54) is 12.1 Å². The van der Waals surface area contributed by atoms with Gasteiger partial charge >= 0.3 is 0 Å². The fourth-order valence-corrected chi connectivity index (χ4v) is 3.76. The van der Waals surface area contributed by atoms with Crippen LogP contribution in [-0.4, -0.2) is 37.3 Å². The molecule has 26 heavy (non-hydrogen) atoms. The van der Waals surface area contributed by atoms with Crippen LogP contribution in [0.15, 0.2) is 65.6 Å². The van der Waals surface area contributed by atoms with E-state index >= 15 is 0 Å². The van der Waals surface area contributed by atoms with Crippen LogP contribution in [0.3, 0.4) is 0 Å². The van der Waals surface area contributed by atoms with Gasteiger partial charge in [0.25, 0.3) is 0 Å². The average Bonchev–Trinajstić information content (AvgIpc) is 2.65. The fraction of sp³-hybridized carbons (Fsp3) is 0.350. The van der Waals surface area contributed by atoms with Gasteiger partial charge in [-0.15, -0.1) is 0 Å². The summed E-state index contributed by atoms with van der Waals surface area (Å²) in [6.45, 7) is 1.75. The molecule has 0 aromatic heterocycles. The first kappa shape index (κ1) is 20.1. The zero-order valence-corrected chi connectivity index (χ0v) is 15.7. The highest BCUT2D eigenvalue weighted by Gasteiger charge is 2.22. The number of carbonyl (C=O) groups is 1. The summed E-state index contributed by atoms with van der Waals surface area (Å²) in [6, 6.07) is 17.9. The molecule has 2 aromatic carbocycles. The molecular formula is C20H25NO4S. The Labute approximate surface area is 155 Å². The van der Waals surface area contributed by atoms with Gasteiger partial charge in [-0.1, -0.05) is 48.5 Å². The Hall–Kier alpha value is -2.18. The molecule has 5 nitrogen and oxygen atoms in total. The summed E-state index contributed by atoms with van der Waals surface area (Å²) in [5.74, 6) is -0.640. The molecule has 1 atom stereocenters. The van der Waals surface area contributed by atoms with Gasteiger partial charge in [0.15, 0.2) is 9.84 Å². The first-order chi connectivity index (χ1) is 12.3. The molecule has 2 aromatic rings. The second-order valence-corrected chi connectivity index (χ2v) is 8.75. The number of rotatable bonds is 9. The summed E-state index contributed by atoms with van der Waals surface area (Å²) in [4.78, 5) is 12.2. The number of carbonyl (C=O) groups excluding carboxylic acids is 1. The van der Waals surface area contributed by atoms with Gasteiger partial charge in [0.1, 0.15) is 0 Å². The number of hydrogen-bond donors (Lipinski definition) is 2. The second-order valence-electron chi connectivity index (χ2n) is 6.64. The minimum absolute atomic E-state index is 0.0874. The first-order valence-corrected chi connectivity index (χ1v) is 10.2. The van der Waals surface area contributed by atoms with Gasteiger partial charge in [-0.25, -0.2) is 8.42 Å². The van der Waals surface area contributed by atoms with Crippen molar-refractivity contribution in [2.24, 2.45) is 0 Å². The molecule has 2 N–H and O–H groups in total. The van der Waals surface area contributed by atoms with Crippen LogP contribution >= 0.6 is 0 Å².